The van der Waals surface area contributed by atoms with Crippen molar-refractivity contribution in [1.82, 2.24) is 0 Å². The highest BCUT2D eigenvalue weighted by Gasteiger charge is 2.80. The fourth-order valence-corrected chi connectivity index (χ4v) is 7.56. The summed E-state index contributed by atoms with van der Waals surface area (Å²) in [7, 11) is 0. The van der Waals surface area contributed by atoms with Gasteiger partial charge >= 0.3 is 18.6 Å². The van der Waals surface area contributed by atoms with Crippen molar-refractivity contribution in [2.45, 2.75) is 51.8 Å². The molecule has 6 atom stereocenters. The number of carbonyl (C=O) groups is 2. The van der Waals surface area contributed by atoms with E-state index in [-0.39, 0.29) is 43.2 Å². The first kappa shape index (κ1) is 18.0. The summed E-state index contributed by atoms with van der Waals surface area (Å²) in [4.78, 5) is 25.3. The van der Waals surface area contributed by atoms with Crippen LogP contribution >= 0.6 is 0 Å². The SMILES string of the molecule is C[C@@H]1C2CC(C[C@H]1[N+]13CC(=O)O[B-]1(C1O[C@H]1c1ccccc1)OC(=O)C3)C2(C)C. The normalized spacial score (nSPS) is 49.1. The van der Waals surface area contributed by atoms with Gasteiger partial charge in [0.1, 0.15) is 19.1 Å². The standard InChI is InChI=1S/C22H28BNO5/c1-13-16-9-15(22(16,2)3)10-17(13)24-11-18(25)28-23(24,29-19(26)12-24)21-20(27-21)14-7-5-4-6-8-14/h4-8,13,15-17,20-21H,9-12H2,1-3H3/t13-,15?,16?,17-,20+,21?,23?,24?/m1/s1. The van der Waals surface area contributed by atoms with E-state index in [0.717, 1.165) is 12.0 Å². The third-order valence-corrected chi connectivity index (χ3v) is 9.21. The molecule has 3 unspecified atom stereocenters. The van der Waals surface area contributed by atoms with Crippen molar-refractivity contribution in [1.29, 1.82) is 0 Å². The Morgan fingerprint density at radius 2 is 1.69 bits per heavy atom. The molecule has 2 bridgehead atoms. The van der Waals surface area contributed by atoms with Gasteiger partial charge in [0, 0.05) is 5.92 Å². The molecular weight excluding hydrogens is 369 g/mol. The van der Waals surface area contributed by atoms with Crippen LogP contribution in [0.2, 0.25) is 0 Å². The summed E-state index contributed by atoms with van der Waals surface area (Å²) in [5, 5.41) is 0. The zero-order valence-electron chi connectivity index (χ0n) is 17.2. The molecule has 0 radical (unpaired) electrons. The van der Waals surface area contributed by atoms with Gasteiger partial charge in [-0.25, -0.2) is 0 Å². The second kappa shape index (κ2) is 5.44. The van der Waals surface area contributed by atoms with E-state index in [0.29, 0.717) is 27.6 Å². The van der Waals surface area contributed by atoms with Gasteiger partial charge in [0.15, 0.2) is 0 Å². The molecule has 0 aromatic heterocycles. The highest BCUT2D eigenvalue weighted by Crippen LogP contribution is 2.65. The zero-order valence-corrected chi connectivity index (χ0v) is 17.2. The van der Waals surface area contributed by atoms with Crippen LogP contribution < -0.4 is 0 Å². The average Bonchev–Trinajstić information content (AvgIpc) is 3.36. The van der Waals surface area contributed by atoms with Gasteiger partial charge < -0.3 is 18.4 Å². The molecule has 3 aliphatic heterocycles. The van der Waals surface area contributed by atoms with Crippen LogP contribution in [0, 0.1) is 23.2 Å². The molecule has 1 aromatic carbocycles. The van der Waals surface area contributed by atoms with Gasteiger partial charge in [-0.1, -0.05) is 51.1 Å². The number of epoxide rings is 1. The molecule has 6 aliphatic rings. The average molecular weight is 397 g/mol. The lowest BCUT2D eigenvalue weighted by Crippen LogP contribution is -2.75. The maximum absolute atomic E-state index is 12.6. The maximum Gasteiger partial charge on any atom is 0.615 e. The van der Waals surface area contributed by atoms with E-state index in [9.17, 15) is 9.59 Å². The Kier molecular flexibility index (Phi) is 3.37. The summed E-state index contributed by atoms with van der Waals surface area (Å²) >= 11 is 0. The fraction of sp³-hybridized carbons (Fsp3) is 0.636. The van der Waals surface area contributed by atoms with Crippen molar-refractivity contribution < 1.29 is 28.0 Å². The van der Waals surface area contributed by atoms with E-state index in [1.165, 1.54) is 6.42 Å². The van der Waals surface area contributed by atoms with Crippen LogP contribution in [0.25, 0.3) is 0 Å². The molecule has 6 fully saturated rings. The molecule has 1 aromatic rings. The lowest BCUT2D eigenvalue weighted by molar-refractivity contribution is -0.852. The largest absolute Gasteiger partial charge is 0.615 e. The minimum absolute atomic E-state index is 0.185. The Morgan fingerprint density at radius 3 is 2.28 bits per heavy atom. The second-order valence-electron chi connectivity index (χ2n) is 10.6. The van der Waals surface area contributed by atoms with E-state index in [2.05, 4.69) is 20.8 Å². The highest BCUT2D eigenvalue weighted by atomic mass is 16.7. The molecule has 0 N–H and O–H groups in total. The van der Waals surface area contributed by atoms with Gasteiger partial charge in [0.25, 0.3) is 0 Å². The lowest BCUT2D eigenvalue weighted by Gasteiger charge is -2.66. The molecule has 3 saturated carbocycles. The van der Waals surface area contributed by atoms with E-state index in [4.69, 9.17) is 14.0 Å². The van der Waals surface area contributed by atoms with Crippen molar-refractivity contribution in [2.75, 3.05) is 13.1 Å². The van der Waals surface area contributed by atoms with E-state index >= 15 is 0 Å². The number of fused-ring (bicyclic) bond motifs is 4. The van der Waals surface area contributed by atoms with Crippen LogP contribution in [-0.4, -0.2) is 48.2 Å². The Balaban J connectivity index is 1.40. The summed E-state index contributed by atoms with van der Waals surface area (Å²) in [5.41, 5.74) is 1.38. The topological polar surface area (TPSA) is 65.1 Å². The number of nitrogens with zero attached hydrogens (tertiary/aromatic N) is 1. The molecule has 29 heavy (non-hydrogen) atoms. The first-order valence-corrected chi connectivity index (χ1v) is 10.9. The summed E-state index contributed by atoms with van der Waals surface area (Å²) in [6.45, 7) is 5.28. The highest BCUT2D eigenvalue weighted by molar-refractivity contribution is 6.68. The van der Waals surface area contributed by atoms with Gasteiger partial charge in [0.05, 0.1) is 12.1 Å². The molecule has 154 valence electrons. The molecule has 3 heterocycles. The first-order valence-electron chi connectivity index (χ1n) is 10.9. The van der Waals surface area contributed by atoms with Crippen molar-refractivity contribution in [3.8, 4) is 0 Å². The molecule has 0 spiro atoms. The Labute approximate surface area is 171 Å². The lowest BCUT2D eigenvalue weighted by atomic mass is 9.43. The van der Waals surface area contributed by atoms with Crippen LogP contribution in [0.1, 0.15) is 45.3 Å². The van der Waals surface area contributed by atoms with Gasteiger partial charge in [0.2, 0.25) is 0 Å². The number of hydrogen-bond donors (Lipinski definition) is 0. The van der Waals surface area contributed by atoms with E-state index in [1.807, 2.05) is 30.3 Å². The third-order valence-electron chi connectivity index (χ3n) is 9.21. The molecule has 6 nitrogen and oxygen atoms in total. The number of quaternary nitrogens is 1. The fourth-order valence-electron chi connectivity index (χ4n) is 7.56. The molecule has 7 heteroatoms. The van der Waals surface area contributed by atoms with Crippen molar-refractivity contribution in [3.63, 3.8) is 0 Å². The number of benzene rings is 1. The second-order valence-corrected chi connectivity index (χ2v) is 10.6. The van der Waals surface area contributed by atoms with Crippen molar-refractivity contribution >= 4 is 18.6 Å². The number of carbonyl (C=O) groups excluding carboxylic acids is 2. The van der Waals surface area contributed by atoms with E-state index in [1.54, 1.807) is 0 Å². The third kappa shape index (κ3) is 2.10. The van der Waals surface area contributed by atoms with Gasteiger partial charge in [-0.05, 0) is 35.7 Å². The molecule has 3 aliphatic carbocycles. The summed E-state index contributed by atoms with van der Waals surface area (Å²) in [6.07, 6.45) is 2.08. The summed E-state index contributed by atoms with van der Waals surface area (Å²) in [6, 6.07) is 9.76. The minimum atomic E-state index is -2.20. The summed E-state index contributed by atoms with van der Waals surface area (Å²) < 4.78 is 18.3. The quantitative estimate of drug-likeness (QED) is 0.580. The van der Waals surface area contributed by atoms with Gasteiger partial charge in [-0.2, -0.15) is 0 Å². The van der Waals surface area contributed by atoms with Crippen LogP contribution in [0.3, 0.4) is 0 Å². The molecule has 3 saturated heterocycles. The van der Waals surface area contributed by atoms with Crippen LogP contribution in [0.4, 0.5) is 0 Å². The van der Waals surface area contributed by atoms with E-state index < -0.39 is 6.69 Å². The van der Waals surface area contributed by atoms with Crippen molar-refractivity contribution in [3.05, 3.63) is 35.9 Å². The van der Waals surface area contributed by atoms with Crippen LogP contribution in [-0.2, 0) is 23.6 Å². The minimum Gasteiger partial charge on any atom is -0.598 e. The first-order chi connectivity index (χ1) is 13.8. The maximum atomic E-state index is 12.6. The molecule has 7 rings (SSSR count). The Hall–Kier alpha value is -1.86. The monoisotopic (exact) mass is 397 g/mol. The van der Waals surface area contributed by atoms with Crippen LogP contribution in [0.15, 0.2) is 30.3 Å². The Bertz CT molecular complexity index is 882. The number of rotatable bonds is 3. The van der Waals surface area contributed by atoms with Crippen molar-refractivity contribution in [2.24, 2.45) is 23.2 Å². The van der Waals surface area contributed by atoms with Gasteiger partial charge in [-0.15, -0.1) is 0 Å². The predicted molar refractivity (Wildman–Crippen MR) is 105 cm³/mol. The Morgan fingerprint density at radius 1 is 1.03 bits per heavy atom. The molecule has 0 amide bonds. The molecular formula is C22H28BNO5. The number of hydrogen-bond acceptors (Lipinski definition) is 5. The van der Waals surface area contributed by atoms with Crippen LogP contribution in [0.5, 0.6) is 0 Å². The summed E-state index contributed by atoms with van der Waals surface area (Å²) in [5.74, 6) is 1.14. The smallest absolute Gasteiger partial charge is 0.598 e. The number of ether oxygens (including phenoxy) is 1. The predicted octanol–water partition coefficient (Wildman–Crippen LogP) is 2.61. The zero-order chi connectivity index (χ0) is 20.2. The van der Waals surface area contributed by atoms with Gasteiger partial charge in [-0.3, -0.25) is 9.59 Å².